The predicted molar refractivity (Wildman–Crippen MR) is 71.8 cm³/mol. The van der Waals surface area contributed by atoms with Crippen LogP contribution in [0.2, 0.25) is 0 Å². The van der Waals surface area contributed by atoms with Crippen molar-refractivity contribution in [2.45, 2.75) is 23.8 Å². The quantitative estimate of drug-likeness (QED) is 0.620. The zero-order valence-electron chi connectivity index (χ0n) is 11.4. The summed E-state index contributed by atoms with van der Waals surface area (Å²) in [6.07, 6.45) is 1.14. The molecule has 0 bridgehead atoms. The Morgan fingerprint density at radius 2 is 2.00 bits per heavy atom. The first-order valence-corrected chi connectivity index (χ1v) is 7.77. The van der Waals surface area contributed by atoms with E-state index in [9.17, 15) is 22.9 Å². The van der Waals surface area contributed by atoms with Crippen LogP contribution in [-0.4, -0.2) is 43.9 Å². The fourth-order valence-electron chi connectivity index (χ4n) is 2.25. The summed E-state index contributed by atoms with van der Waals surface area (Å²) in [6, 6.07) is 2.61. The van der Waals surface area contributed by atoms with Crippen LogP contribution in [0.4, 0.5) is 10.1 Å². The molecule has 0 saturated carbocycles. The summed E-state index contributed by atoms with van der Waals surface area (Å²) in [4.78, 5) is 9.38. The second-order valence-corrected chi connectivity index (χ2v) is 6.65. The third-order valence-corrected chi connectivity index (χ3v) is 5.38. The summed E-state index contributed by atoms with van der Waals surface area (Å²) < 4.78 is 44.7. The van der Waals surface area contributed by atoms with E-state index in [-0.39, 0.29) is 24.1 Å². The average molecular weight is 318 g/mol. The molecule has 1 aliphatic rings. The first kappa shape index (κ1) is 15.8. The molecule has 1 fully saturated rings. The summed E-state index contributed by atoms with van der Waals surface area (Å²) in [5.41, 5.74) is -0.743. The van der Waals surface area contributed by atoms with Crippen LogP contribution in [0, 0.1) is 15.9 Å². The van der Waals surface area contributed by atoms with Crippen molar-refractivity contribution in [1.29, 1.82) is 0 Å². The predicted octanol–water partition coefficient (Wildman–Crippen LogP) is 1.53. The number of halogens is 1. The van der Waals surface area contributed by atoms with Crippen LogP contribution in [-0.2, 0) is 14.8 Å². The maximum Gasteiger partial charge on any atom is 0.304 e. The van der Waals surface area contributed by atoms with Crippen molar-refractivity contribution in [3.05, 3.63) is 34.1 Å². The fourth-order valence-corrected chi connectivity index (χ4v) is 3.74. The minimum Gasteiger partial charge on any atom is -0.381 e. The van der Waals surface area contributed by atoms with Gasteiger partial charge in [-0.3, -0.25) is 10.1 Å². The molecule has 1 aliphatic heterocycles. The Hall–Kier alpha value is -1.58. The third kappa shape index (κ3) is 3.20. The highest BCUT2D eigenvalue weighted by molar-refractivity contribution is 7.89. The lowest BCUT2D eigenvalue weighted by atomic mass is 10.1. The van der Waals surface area contributed by atoms with Crippen molar-refractivity contribution in [2.24, 2.45) is 0 Å². The van der Waals surface area contributed by atoms with Crippen molar-refractivity contribution in [2.75, 3.05) is 20.2 Å². The van der Waals surface area contributed by atoms with Crippen LogP contribution in [0.5, 0.6) is 0 Å². The maximum atomic E-state index is 13.6. The van der Waals surface area contributed by atoms with Crippen molar-refractivity contribution in [3.8, 4) is 0 Å². The zero-order valence-corrected chi connectivity index (χ0v) is 12.2. The molecule has 0 amide bonds. The molecule has 0 N–H and O–H groups in total. The second-order valence-electron chi connectivity index (χ2n) is 4.71. The van der Waals surface area contributed by atoms with Crippen molar-refractivity contribution < 1.29 is 22.5 Å². The average Bonchev–Trinajstić information content (AvgIpc) is 2.46. The molecular formula is C12H15FN2O5S. The lowest BCUT2D eigenvalue weighted by Gasteiger charge is -2.30. The number of hydrogen-bond acceptors (Lipinski definition) is 5. The first-order chi connectivity index (χ1) is 9.86. The smallest absolute Gasteiger partial charge is 0.304 e. The number of piperidine rings is 1. The minimum absolute atomic E-state index is 0.0186. The molecule has 0 spiro atoms. The number of sulfonamides is 1. The molecule has 0 aliphatic carbocycles. The maximum absolute atomic E-state index is 13.6. The molecule has 0 unspecified atom stereocenters. The van der Waals surface area contributed by atoms with E-state index in [4.69, 9.17) is 4.74 Å². The van der Waals surface area contributed by atoms with Gasteiger partial charge in [0.15, 0.2) is 0 Å². The summed E-state index contributed by atoms with van der Waals surface area (Å²) in [6.45, 7) is 0.554. The van der Waals surface area contributed by atoms with E-state index in [2.05, 4.69) is 0 Å². The largest absolute Gasteiger partial charge is 0.381 e. The number of methoxy groups -OCH3 is 1. The molecule has 116 valence electrons. The molecule has 9 heteroatoms. The Bertz CT molecular complexity index is 641. The Labute approximate surface area is 121 Å². The molecule has 1 aromatic rings. The van der Waals surface area contributed by atoms with Crippen LogP contribution in [0.1, 0.15) is 12.8 Å². The monoisotopic (exact) mass is 318 g/mol. The summed E-state index contributed by atoms with van der Waals surface area (Å²) >= 11 is 0. The molecule has 0 aromatic heterocycles. The number of rotatable bonds is 4. The standard InChI is InChI=1S/C12H15FN2O5S/c1-20-9-4-6-14(7-5-9)21(18,19)10-2-3-12(15(16)17)11(13)8-10/h2-3,8-9H,4-7H2,1H3. The van der Waals surface area contributed by atoms with Crippen LogP contribution >= 0.6 is 0 Å². The van der Waals surface area contributed by atoms with Crippen LogP contribution < -0.4 is 0 Å². The van der Waals surface area contributed by atoms with Gasteiger partial charge >= 0.3 is 5.69 Å². The van der Waals surface area contributed by atoms with Gasteiger partial charge in [-0.05, 0) is 18.9 Å². The SMILES string of the molecule is COC1CCN(S(=O)(=O)c2ccc([N+](=O)[O-])c(F)c2)CC1. The minimum atomic E-state index is -3.84. The van der Waals surface area contributed by atoms with Gasteiger partial charge < -0.3 is 4.74 Å². The van der Waals surface area contributed by atoms with Crippen molar-refractivity contribution >= 4 is 15.7 Å². The van der Waals surface area contributed by atoms with E-state index in [1.54, 1.807) is 7.11 Å². The molecular weight excluding hydrogens is 303 g/mol. The van der Waals surface area contributed by atoms with Crippen LogP contribution in [0.15, 0.2) is 23.1 Å². The Morgan fingerprint density at radius 1 is 1.38 bits per heavy atom. The lowest BCUT2D eigenvalue weighted by molar-refractivity contribution is -0.387. The first-order valence-electron chi connectivity index (χ1n) is 6.33. The summed E-state index contributed by atoms with van der Waals surface area (Å²) in [5, 5.41) is 10.5. The zero-order chi connectivity index (χ0) is 15.6. The van der Waals surface area contributed by atoms with E-state index < -0.39 is 26.5 Å². The van der Waals surface area contributed by atoms with Gasteiger partial charge in [0.05, 0.1) is 15.9 Å². The number of hydrogen-bond donors (Lipinski definition) is 0. The van der Waals surface area contributed by atoms with Gasteiger partial charge in [0.25, 0.3) is 0 Å². The van der Waals surface area contributed by atoms with E-state index >= 15 is 0 Å². The number of nitro benzene ring substituents is 1. The molecule has 21 heavy (non-hydrogen) atoms. The Morgan fingerprint density at radius 3 is 2.48 bits per heavy atom. The van der Waals surface area contributed by atoms with E-state index in [0.717, 1.165) is 12.1 Å². The molecule has 0 radical (unpaired) electrons. The third-order valence-electron chi connectivity index (χ3n) is 3.49. The van der Waals surface area contributed by atoms with Gasteiger partial charge in [0.1, 0.15) is 0 Å². The second kappa shape index (κ2) is 6.04. The Kier molecular flexibility index (Phi) is 4.55. The number of benzene rings is 1. The van der Waals surface area contributed by atoms with E-state index in [1.165, 1.54) is 4.31 Å². The Balaban J connectivity index is 2.24. The number of nitrogens with zero attached hydrogens (tertiary/aromatic N) is 2. The van der Waals surface area contributed by atoms with Crippen molar-refractivity contribution in [3.63, 3.8) is 0 Å². The van der Waals surface area contributed by atoms with Gasteiger partial charge in [-0.1, -0.05) is 0 Å². The van der Waals surface area contributed by atoms with Crippen LogP contribution in [0.3, 0.4) is 0 Å². The van der Waals surface area contributed by atoms with Crippen molar-refractivity contribution in [1.82, 2.24) is 4.31 Å². The molecule has 1 saturated heterocycles. The fraction of sp³-hybridized carbons (Fsp3) is 0.500. The normalized spacial score (nSPS) is 17.8. The highest BCUT2D eigenvalue weighted by Crippen LogP contribution is 2.25. The van der Waals surface area contributed by atoms with Gasteiger partial charge in [0.2, 0.25) is 15.8 Å². The van der Waals surface area contributed by atoms with E-state index in [0.29, 0.717) is 18.9 Å². The molecule has 1 aromatic carbocycles. The van der Waals surface area contributed by atoms with Gasteiger partial charge in [0, 0.05) is 32.3 Å². The topological polar surface area (TPSA) is 89.8 Å². The molecule has 7 nitrogen and oxygen atoms in total. The van der Waals surface area contributed by atoms with Gasteiger partial charge in [-0.25, -0.2) is 8.42 Å². The summed E-state index contributed by atoms with van der Waals surface area (Å²) in [7, 11) is -2.27. The van der Waals surface area contributed by atoms with Gasteiger partial charge in [-0.2, -0.15) is 8.70 Å². The highest BCUT2D eigenvalue weighted by atomic mass is 32.2. The lowest BCUT2D eigenvalue weighted by Crippen LogP contribution is -2.40. The van der Waals surface area contributed by atoms with Crippen LogP contribution in [0.25, 0.3) is 0 Å². The van der Waals surface area contributed by atoms with E-state index in [1.807, 2.05) is 0 Å². The number of nitro groups is 1. The van der Waals surface area contributed by atoms with Gasteiger partial charge in [-0.15, -0.1) is 0 Å². The highest BCUT2D eigenvalue weighted by Gasteiger charge is 2.30. The number of ether oxygens (including phenoxy) is 1. The molecule has 0 atom stereocenters. The molecule has 2 rings (SSSR count). The molecule has 1 heterocycles. The summed E-state index contributed by atoms with van der Waals surface area (Å²) in [5.74, 6) is -1.16.